The summed E-state index contributed by atoms with van der Waals surface area (Å²) >= 11 is 1.77. The second-order valence-electron chi connectivity index (χ2n) is 5.18. The Hall–Kier alpha value is -1.71. The lowest BCUT2D eigenvalue weighted by Gasteiger charge is -2.19. The average molecular weight is 299 g/mol. The zero-order valence-electron chi connectivity index (χ0n) is 12.2. The minimum Gasteiger partial charge on any atom is -0.306 e. The zero-order valence-corrected chi connectivity index (χ0v) is 13.0. The molecule has 0 bridgehead atoms. The summed E-state index contributed by atoms with van der Waals surface area (Å²) in [5.74, 6) is -0.181. The minimum atomic E-state index is -0.181. The molecule has 1 N–H and O–H groups in total. The molecule has 0 aliphatic rings. The van der Waals surface area contributed by atoms with Crippen molar-refractivity contribution in [2.24, 2.45) is 0 Å². The molecule has 0 fully saturated rings. The largest absolute Gasteiger partial charge is 0.306 e. The third kappa shape index (κ3) is 2.85. The highest BCUT2D eigenvalue weighted by Crippen LogP contribution is 2.34. The first-order chi connectivity index (χ1) is 10.2. The van der Waals surface area contributed by atoms with Crippen LogP contribution in [-0.2, 0) is 0 Å². The van der Waals surface area contributed by atoms with E-state index in [0.717, 1.165) is 17.7 Å². The summed E-state index contributed by atoms with van der Waals surface area (Å²) in [6.07, 6.45) is 0. The van der Waals surface area contributed by atoms with Gasteiger partial charge < -0.3 is 5.32 Å². The molecule has 0 saturated carbocycles. The van der Waals surface area contributed by atoms with Crippen molar-refractivity contribution in [1.29, 1.82) is 0 Å². The maximum Gasteiger partial charge on any atom is 0.123 e. The number of aryl methyl sites for hydroxylation is 1. The number of hydrogen-bond acceptors (Lipinski definition) is 2. The highest BCUT2D eigenvalue weighted by molar-refractivity contribution is 7.19. The molecular weight excluding hydrogens is 281 g/mol. The normalized spacial score (nSPS) is 12.7. The molecule has 3 heteroatoms. The zero-order chi connectivity index (χ0) is 14.8. The monoisotopic (exact) mass is 299 g/mol. The second-order valence-corrected chi connectivity index (χ2v) is 6.29. The molecule has 3 aromatic rings. The Kier molecular flexibility index (Phi) is 4.04. The van der Waals surface area contributed by atoms with Crippen molar-refractivity contribution in [1.82, 2.24) is 5.32 Å². The van der Waals surface area contributed by atoms with Gasteiger partial charge in [0.05, 0.1) is 6.04 Å². The van der Waals surface area contributed by atoms with Crippen LogP contribution in [0.15, 0.2) is 48.5 Å². The van der Waals surface area contributed by atoms with Crippen LogP contribution in [0.25, 0.3) is 10.1 Å². The molecule has 1 aromatic heterocycles. The maximum atomic E-state index is 13.6. The lowest BCUT2D eigenvalue weighted by Crippen LogP contribution is -2.22. The highest BCUT2D eigenvalue weighted by atomic mass is 32.1. The molecular formula is C18H18FNS. The Bertz CT molecular complexity index is 730. The summed E-state index contributed by atoms with van der Waals surface area (Å²) < 4.78 is 14.9. The van der Waals surface area contributed by atoms with Gasteiger partial charge in [0.1, 0.15) is 5.82 Å². The van der Waals surface area contributed by atoms with E-state index in [9.17, 15) is 4.39 Å². The molecule has 0 radical (unpaired) electrons. The second kappa shape index (κ2) is 5.96. The van der Waals surface area contributed by atoms with Crippen LogP contribution < -0.4 is 5.32 Å². The molecule has 1 unspecified atom stereocenters. The quantitative estimate of drug-likeness (QED) is 0.711. The third-order valence-electron chi connectivity index (χ3n) is 3.69. The van der Waals surface area contributed by atoms with E-state index in [1.807, 2.05) is 13.0 Å². The molecule has 0 aliphatic carbocycles. The van der Waals surface area contributed by atoms with Crippen LogP contribution >= 0.6 is 11.3 Å². The lowest BCUT2D eigenvalue weighted by molar-refractivity contribution is 0.604. The van der Waals surface area contributed by atoms with E-state index < -0.39 is 0 Å². The SMILES string of the molecule is CCNC(c1cc2ccccc2s1)c1cc(F)ccc1C. The Morgan fingerprint density at radius 1 is 1.14 bits per heavy atom. The number of hydrogen-bond donors (Lipinski definition) is 1. The van der Waals surface area contributed by atoms with Gasteiger partial charge >= 0.3 is 0 Å². The van der Waals surface area contributed by atoms with Crippen molar-refractivity contribution in [3.05, 3.63) is 70.4 Å². The molecule has 0 saturated heterocycles. The minimum absolute atomic E-state index is 0.0445. The Morgan fingerprint density at radius 3 is 2.71 bits per heavy atom. The van der Waals surface area contributed by atoms with E-state index in [-0.39, 0.29) is 11.9 Å². The van der Waals surface area contributed by atoms with Gasteiger partial charge in [0.15, 0.2) is 0 Å². The Labute approximate surface area is 128 Å². The Morgan fingerprint density at radius 2 is 1.95 bits per heavy atom. The van der Waals surface area contributed by atoms with E-state index in [0.29, 0.717) is 0 Å². The number of thiophene rings is 1. The molecule has 1 atom stereocenters. The van der Waals surface area contributed by atoms with Crippen LogP contribution in [0, 0.1) is 12.7 Å². The molecule has 0 aliphatic heterocycles. The van der Waals surface area contributed by atoms with Crippen LogP contribution in [0.3, 0.4) is 0 Å². The van der Waals surface area contributed by atoms with Crippen molar-refractivity contribution in [3.8, 4) is 0 Å². The fourth-order valence-corrected chi connectivity index (χ4v) is 3.79. The van der Waals surface area contributed by atoms with Crippen molar-refractivity contribution in [2.75, 3.05) is 6.54 Å². The van der Waals surface area contributed by atoms with Crippen molar-refractivity contribution in [2.45, 2.75) is 19.9 Å². The topological polar surface area (TPSA) is 12.0 Å². The van der Waals surface area contributed by atoms with Gasteiger partial charge in [-0.1, -0.05) is 31.2 Å². The molecule has 21 heavy (non-hydrogen) atoms. The van der Waals surface area contributed by atoms with E-state index in [1.54, 1.807) is 17.4 Å². The number of benzene rings is 2. The van der Waals surface area contributed by atoms with Gasteiger partial charge in [0, 0.05) is 9.58 Å². The van der Waals surface area contributed by atoms with E-state index in [1.165, 1.54) is 21.0 Å². The summed E-state index contributed by atoms with van der Waals surface area (Å²) in [7, 11) is 0. The number of halogens is 1. The highest BCUT2D eigenvalue weighted by Gasteiger charge is 2.18. The molecule has 2 aromatic carbocycles. The summed E-state index contributed by atoms with van der Waals surface area (Å²) in [4.78, 5) is 1.23. The van der Waals surface area contributed by atoms with Gasteiger partial charge in [-0.15, -0.1) is 11.3 Å². The van der Waals surface area contributed by atoms with Gasteiger partial charge in [-0.25, -0.2) is 4.39 Å². The smallest absolute Gasteiger partial charge is 0.123 e. The predicted octanol–water partition coefficient (Wildman–Crippen LogP) is 5.05. The first-order valence-corrected chi connectivity index (χ1v) is 7.98. The van der Waals surface area contributed by atoms with Crippen LogP contribution in [0.1, 0.15) is 29.0 Å². The molecule has 0 spiro atoms. The van der Waals surface area contributed by atoms with Crippen molar-refractivity contribution < 1.29 is 4.39 Å². The van der Waals surface area contributed by atoms with Crippen molar-refractivity contribution in [3.63, 3.8) is 0 Å². The molecule has 1 heterocycles. The molecule has 108 valence electrons. The summed E-state index contributed by atoms with van der Waals surface area (Å²) in [5.41, 5.74) is 2.13. The predicted molar refractivity (Wildman–Crippen MR) is 88.5 cm³/mol. The van der Waals surface area contributed by atoms with Gasteiger partial charge in [-0.3, -0.25) is 0 Å². The van der Waals surface area contributed by atoms with Crippen LogP contribution in [0.2, 0.25) is 0 Å². The maximum absolute atomic E-state index is 13.6. The van der Waals surface area contributed by atoms with Gasteiger partial charge in [0.2, 0.25) is 0 Å². The van der Waals surface area contributed by atoms with Crippen molar-refractivity contribution >= 4 is 21.4 Å². The number of rotatable bonds is 4. The first-order valence-electron chi connectivity index (χ1n) is 7.17. The molecule has 1 nitrogen and oxygen atoms in total. The Balaban J connectivity index is 2.10. The van der Waals surface area contributed by atoms with Crippen LogP contribution in [0.5, 0.6) is 0 Å². The van der Waals surface area contributed by atoms with Crippen LogP contribution in [0.4, 0.5) is 4.39 Å². The summed E-state index contributed by atoms with van der Waals surface area (Å²) in [6, 6.07) is 15.6. The average Bonchev–Trinajstić information content (AvgIpc) is 2.91. The summed E-state index contributed by atoms with van der Waals surface area (Å²) in [5, 5.41) is 4.73. The molecule has 3 rings (SSSR count). The van der Waals surface area contributed by atoms with Crippen LogP contribution in [-0.4, -0.2) is 6.54 Å². The fourth-order valence-electron chi connectivity index (χ4n) is 2.63. The van der Waals surface area contributed by atoms with Gasteiger partial charge in [-0.2, -0.15) is 0 Å². The van der Waals surface area contributed by atoms with E-state index in [2.05, 4.69) is 42.6 Å². The van der Waals surface area contributed by atoms with E-state index in [4.69, 9.17) is 0 Å². The van der Waals surface area contributed by atoms with Gasteiger partial charge in [0.25, 0.3) is 0 Å². The first kappa shape index (κ1) is 14.2. The third-order valence-corrected chi connectivity index (χ3v) is 4.87. The van der Waals surface area contributed by atoms with E-state index >= 15 is 0 Å². The standard InChI is InChI=1S/C18H18FNS/c1-3-20-18(15-11-14(19)9-8-12(15)2)17-10-13-6-4-5-7-16(13)21-17/h4-11,18,20H,3H2,1-2H3. The summed E-state index contributed by atoms with van der Waals surface area (Å²) in [6.45, 7) is 4.95. The number of nitrogens with one attached hydrogen (secondary N) is 1. The molecule has 0 amide bonds. The fraction of sp³-hybridized carbons (Fsp3) is 0.222. The lowest BCUT2D eigenvalue weighted by atomic mass is 9.99. The van der Waals surface area contributed by atoms with Gasteiger partial charge in [-0.05, 0) is 54.2 Å². The number of fused-ring (bicyclic) bond motifs is 1.